The Balaban J connectivity index is 4.13. The number of halogens is 2. The van der Waals surface area contributed by atoms with Crippen LogP contribution in [0, 0.1) is 0 Å². The van der Waals surface area contributed by atoms with Crippen LogP contribution in [0.3, 0.4) is 0 Å². The summed E-state index contributed by atoms with van der Waals surface area (Å²) < 4.78 is 4.42. The molecule has 6 heteroatoms. The average molecular weight is 229 g/mol. The van der Waals surface area contributed by atoms with Crippen molar-refractivity contribution >= 4 is 29.3 Å². The van der Waals surface area contributed by atoms with Crippen molar-refractivity contribution in [2.24, 2.45) is 5.73 Å². The smallest absolute Gasteiger partial charge is 0.408 e. The lowest BCUT2D eigenvalue weighted by molar-refractivity contribution is 0.153. The lowest BCUT2D eigenvalue weighted by Crippen LogP contribution is -2.56. The lowest BCUT2D eigenvalue weighted by Gasteiger charge is -2.28. The number of amides is 1. The van der Waals surface area contributed by atoms with E-state index in [1.165, 1.54) is 7.11 Å². The first-order valence-corrected chi connectivity index (χ1v) is 4.92. The Kier molecular flexibility index (Phi) is 6.20. The summed E-state index contributed by atoms with van der Waals surface area (Å²) in [4.78, 5) is 10.9. The van der Waals surface area contributed by atoms with Gasteiger partial charge in [-0.05, 0) is 12.8 Å². The minimum atomic E-state index is -0.864. The Labute approximate surface area is 87.7 Å². The fraction of sp³-hybridized carbons (Fsp3) is 0.857. The summed E-state index contributed by atoms with van der Waals surface area (Å²) in [5, 5.41) is 2.49. The van der Waals surface area contributed by atoms with E-state index in [0.29, 0.717) is 24.6 Å². The third kappa shape index (κ3) is 5.18. The maximum atomic E-state index is 10.9. The van der Waals surface area contributed by atoms with Crippen molar-refractivity contribution in [2.75, 3.05) is 18.9 Å². The SMILES string of the molecule is COC(=O)NC(N)(CCCl)CCCl. The molecule has 0 fully saturated rings. The number of alkyl carbamates (subject to hydrolysis) is 1. The van der Waals surface area contributed by atoms with E-state index < -0.39 is 11.8 Å². The highest BCUT2D eigenvalue weighted by atomic mass is 35.5. The molecule has 1 amide bonds. The van der Waals surface area contributed by atoms with Crippen molar-refractivity contribution in [3.05, 3.63) is 0 Å². The van der Waals surface area contributed by atoms with Crippen molar-refractivity contribution in [3.63, 3.8) is 0 Å². The second-order valence-corrected chi connectivity index (χ2v) is 3.41. The molecule has 0 rings (SSSR count). The minimum absolute atomic E-state index is 0.359. The maximum absolute atomic E-state index is 10.9. The van der Waals surface area contributed by atoms with Crippen LogP contribution in [0.25, 0.3) is 0 Å². The molecule has 0 unspecified atom stereocenters. The number of nitrogens with one attached hydrogen (secondary N) is 1. The van der Waals surface area contributed by atoms with E-state index >= 15 is 0 Å². The molecule has 4 nitrogen and oxygen atoms in total. The Morgan fingerprint density at radius 1 is 1.46 bits per heavy atom. The van der Waals surface area contributed by atoms with Gasteiger partial charge in [0.25, 0.3) is 0 Å². The molecule has 0 heterocycles. The van der Waals surface area contributed by atoms with E-state index in [1.54, 1.807) is 0 Å². The van der Waals surface area contributed by atoms with Gasteiger partial charge in [0.05, 0.1) is 12.8 Å². The molecule has 0 atom stereocenters. The summed E-state index contributed by atoms with van der Waals surface area (Å²) in [7, 11) is 1.27. The number of nitrogens with two attached hydrogens (primary N) is 1. The zero-order chi connectivity index (χ0) is 10.3. The Morgan fingerprint density at radius 2 is 1.92 bits per heavy atom. The number of rotatable bonds is 5. The van der Waals surface area contributed by atoms with Gasteiger partial charge in [0.15, 0.2) is 0 Å². The summed E-state index contributed by atoms with van der Waals surface area (Å²) in [6.07, 6.45) is 0.338. The fourth-order valence-corrected chi connectivity index (χ4v) is 1.52. The van der Waals surface area contributed by atoms with Crippen molar-refractivity contribution in [1.29, 1.82) is 0 Å². The summed E-state index contributed by atoms with van der Waals surface area (Å²) in [6, 6.07) is 0. The molecular formula is C7H14Cl2N2O2. The van der Waals surface area contributed by atoms with Crippen molar-refractivity contribution in [2.45, 2.75) is 18.5 Å². The highest BCUT2D eigenvalue weighted by Gasteiger charge is 2.25. The molecule has 0 aromatic rings. The highest BCUT2D eigenvalue weighted by molar-refractivity contribution is 6.18. The first-order valence-electron chi connectivity index (χ1n) is 3.85. The molecule has 0 bridgehead atoms. The topological polar surface area (TPSA) is 64.3 Å². The molecule has 0 aromatic carbocycles. The summed E-state index contributed by atoms with van der Waals surface area (Å²) in [5.74, 6) is 0.717. The van der Waals surface area contributed by atoms with Crippen LogP contribution in [0.5, 0.6) is 0 Å². The predicted octanol–water partition coefficient (Wildman–Crippen LogP) is 1.26. The zero-order valence-electron chi connectivity index (χ0n) is 7.48. The van der Waals surface area contributed by atoms with Gasteiger partial charge in [0.1, 0.15) is 0 Å². The van der Waals surface area contributed by atoms with E-state index in [-0.39, 0.29) is 0 Å². The highest BCUT2D eigenvalue weighted by Crippen LogP contribution is 2.10. The normalized spacial score (nSPS) is 11.1. The van der Waals surface area contributed by atoms with Crippen LogP contribution >= 0.6 is 23.2 Å². The molecular weight excluding hydrogens is 215 g/mol. The Hall–Kier alpha value is -0.190. The first kappa shape index (κ1) is 12.8. The van der Waals surface area contributed by atoms with E-state index in [2.05, 4.69) is 10.1 Å². The van der Waals surface area contributed by atoms with Gasteiger partial charge in [0, 0.05) is 11.8 Å². The maximum Gasteiger partial charge on any atom is 0.408 e. The number of ether oxygens (including phenoxy) is 1. The fourth-order valence-electron chi connectivity index (χ4n) is 0.842. The summed E-state index contributed by atoms with van der Waals surface area (Å²) in [5.41, 5.74) is 4.95. The van der Waals surface area contributed by atoms with E-state index in [4.69, 9.17) is 28.9 Å². The number of carbonyl (C=O) groups excluding carboxylic acids is 1. The van der Waals surface area contributed by atoms with Gasteiger partial charge in [-0.3, -0.25) is 0 Å². The minimum Gasteiger partial charge on any atom is -0.453 e. The van der Waals surface area contributed by atoms with Gasteiger partial charge < -0.3 is 15.8 Å². The van der Waals surface area contributed by atoms with Crippen molar-refractivity contribution < 1.29 is 9.53 Å². The molecule has 0 aliphatic rings. The number of hydrogen-bond acceptors (Lipinski definition) is 3. The number of carbonyl (C=O) groups is 1. The molecule has 0 saturated heterocycles. The van der Waals surface area contributed by atoms with Crippen molar-refractivity contribution in [3.8, 4) is 0 Å². The molecule has 13 heavy (non-hydrogen) atoms. The van der Waals surface area contributed by atoms with Gasteiger partial charge in [-0.1, -0.05) is 0 Å². The Bertz CT molecular complexity index is 161. The van der Waals surface area contributed by atoms with Gasteiger partial charge in [0.2, 0.25) is 0 Å². The summed E-state index contributed by atoms with van der Waals surface area (Å²) in [6.45, 7) is 0. The lowest BCUT2D eigenvalue weighted by atomic mass is 10.1. The molecule has 0 saturated carbocycles. The molecule has 78 valence electrons. The van der Waals surface area contributed by atoms with Crippen LogP contribution in [0.15, 0.2) is 0 Å². The third-order valence-corrected chi connectivity index (χ3v) is 2.00. The van der Waals surface area contributed by atoms with Crippen molar-refractivity contribution in [1.82, 2.24) is 5.32 Å². The molecule has 0 aliphatic heterocycles. The standard InChI is InChI=1S/C7H14Cl2N2O2/c1-13-6(12)11-7(10,2-4-8)3-5-9/h2-5,10H2,1H3,(H,11,12). The second-order valence-electron chi connectivity index (χ2n) is 2.65. The molecule has 3 N–H and O–H groups in total. The zero-order valence-corrected chi connectivity index (χ0v) is 8.99. The molecule has 0 spiro atoms. The van der Waals surface area contributed by atoms with Crippen LogP contribution in [-0.2, 0) is 4.74 Å². The Morgan fingerprint density at radius 3 is 2.23 bits per heavy atom. The van der Waals surface area contributed by atoms with Crippen LogP contribution in [0.1, 0.15) is 12.8 Å². The van der Waals surface area contributed by atoms with Gasteiger partial charge in [-0.15, -0.1) is 23.2 Å². The second kappa shape index (κ2) is 6.29. The number of hydrogen-bond donors (Lipinski definition) is 2. The van der Waals surface area contributed by atoms with Crippen LogP contribution in [0.2, 0.25) is 0 Å². The van der Waals surface area contributed by atoms with Gasteiger partial charge in [-0.25, -0.2) is 4.79 Å². The first-order chi connectivity index (χ1) is 6.08. The number of methoxy groups -OCH3 is 1. The average Bonchev–Trinajstić information content (AvgIpc) is 2.04. The van der Waals surface area contributed by atoms with E-state index in [1.807, 2.05) is 0 Å². The predicted molar refractivity (Wildman–Crippen MR) is 53.1 cm³/mol. The largest absolute Gasteiger partial charge is 0.453 e. The quantitative estimate of drug-likeness (QED) is 0.550. The van der Waals surface area contributed by atoms with Gasteiger partial charge in [-0.2, -0.15) is 0 Å². The van der Waals surface area contributed by atoms with E-state index in [9.17, 15) is 4.79 Å². The monoisotopic (exact) mass is 228 g/mol. The molecule has 0 aromatic heterocycles. The van der Waals surface area contributed by atoms with Gasteiger partial charge >= 0.3 is 6.09 Å². The molecule has 0 aliphatic carbocycles. The van der Waals surface area contributed by atoms with Crippen LogP contribution < -0.4 is 11.1 Å². The summed E-state index contributed by atoms with van der Waals surface area (Å²) >= 11 is 11.1. The third-order valence-electron chi connectivity index (χ3n) is 1.62. The van der Waals surface area contributed by atoms with E-state index in [0.717, 1.165) is 0 Å². The van der Waals surface area contributed by atoms with Crippen LogP contribution in [-0.4, -0.2) is 30.6 Å². The molecule has 0 radical (unpaired) electrons. The van der Waals surface area contributed by atoms with Crippen LogP contribution in [0.4, 0.5) is 4.79 Å². The number of alkyl halides is 2.